The monoisotopic (exact) mass is 1020 g/mol. The van der Waals surface area contributed by atoms with Gasteiger partial charge < -0.3 is 50.9 Å². The Hall–Kier alpha value is -2.44. The second-order valence-corrected chi connectivity index (χ2v) is 22.6. The van der Waals surface area contributed by atoms with Crippen LogP contribution >= 0.6 is 35.2 Å². The molecule has 1 saturated heterocycles. The lowest BCUT2D eigenvalue weighted by Gasteiger charge is -2.30. The van der Waals surface area contributed by atoms with Gasteiger partial charge in [0.15, 0.2) is 22.8 Å². The molecule has 0 bridgehead atoms. The van der Waals surface area contributed by atoms with Gasteiger partial charge in [-0.1, -0.05) is 96.7 Å². The first-order valence-electron chi connectivity index (χ1n) is 22.1. The Morgan fingerprint density at radius 1 is 0.924 bits per heavy atom. The lowest BCUT2D eigenvalue weighted by Crippen LogP contribution is -2.46. The number of nitrogens with one attached hydrogen (secondary N) is 2. The second kappa shape index (κ2) is 26.0. The maximum absolute atomic E-state index is 12.7. The number of carbonyl (C=O) groups is 3. The quantitative estimate of drug-likeness (QED) is 0.0369. The standard InChI is InChI=1S/C38H66N7O17P3S/c1-4-5-6-10-13-25-20-26(25)14-11-8-7-9-12-15-29(47)66-19-18-40-28(46)16-17-41-36(50)33(49)38(2,3)22-59-65(56,57)62-64(54,55)58-21-27-32(61-63(51,52)53)31(48)37(60-27)45-24-44-30-34(39)42-23-43-35(30)45/h23-27,31-33,37,48-49H,4-22H2,1-3H3,(H,40,46)(H,41,50)(H,54,55)(H,56,57)(H2,39,42,43)(H2,51,52,53)/t25-,26+,27+,31+,32+,33-,37+/m0/s1. The van der Waals surface area contributed by atoms with Gasteiger partial charge in [0, 0.05) is 37.1 Å². The fourth-order valence-corrected chi connectivity index (χ4v) is 11.0. The van der Waals surface area contributed by atoms with Gasteiger partial charge in [-0.15, -0.1) is 0 Å². The Kier molecular flexibility index (Phi) is 22.1. The van der Waals surface area contributed by atoms with Crippen LogP contribution in [-0.4, -0.2) is 123 Å². The van der Waals surface area contributed by atoms with Crippen molar-refractivity contribution in [3.63, 3.8) is 0 Å². The van der Waals surface area contributed by atoms with Crippen molar-refractivity contribution in [3.8, 4) is 0 Å². The molecule has 0 aromatic carbocycles. The number of aromatic nitrogens is 4. The molecule has 24 nitrogen and oxygen atoms in total. The summed E-state index contributed by atoms with van der Waals surface area (Å²) >= 11 is 1.16. The van der Waals surface area contributed by atoms with Gasteiger partial charge in [-0.05, 0) is 24.7 Å². The zero-order valence-corrected chi connectivity index (χ0v) is 40.9. The molecule has 10 N–H and O–H groups in total. The second-order valence-electron chi connectivity index (χ2n) is 17.2. The molecule has 2 amide bonds. The first-order chi connectivity index (χ1) is 31.0. The number of nitrogen functional groups attached to an aromatic ring is 1. The summed E-state index contributed by atoms with van der Waals surface area (Å²) in [6, 6.07) is 0. The SMILES string of the molecule is CCCCCC[C@H]1C[C@H]1CCCCCCCC(=O)SCCNC(=O)CCNC(=O)[C@H](O)C(C)(C)COP(=O)(O)OP(=O)(O)OC[C@H]1O[C@@H](n2cnc3c(N)ncnc32)[C@H](O)[C@@H]1OP(=O)(O)O. The molecule has 1 saturated carbocycles. The maximum atomic E-state index is 12.7. The zero-order chi connectivity index (χ0) is 48.7. The van der Waals surface area contributed by atoms with Gasteiger partial charge in [-0.25, -0.2) is 28.6 Å². The predicted molar refractivity (Wildman–Crippen MR) is 240 cm³/mol. The molecule has 9 atom stereocenters. The molecular formula is C38H66N7O17P3S. The normalized spacial score (nSPS) is 23.3. The number of aliphatic hydroxyl groups is 2. The highest BCUT2D eigenvalue weighted by atomic mass is 32.2. The summed E-state index contributed by atoms with van der Waals surface area (Å²) in [7, 11) is -16.4. The third kappa shape index (κ3) is 18.8. The van der Waals surface area contributed by atoms with Gasteiger partial charge in [-0.3, -0.25) is 32.5 Å². The molecule has 2 fully saturated rings. The number of fused-ring (bicyclic) bond motifs is 1. The summed E-state index contributed by atoms with van der Waals surface area (Å²) in [6.07, 6.45) is 8.58. The molecule has 1 aliphatic carbocycles. The molecule has 0 radical (unpaired) electrons. The third-order valence-electron chi connectivity index (χ3n) is 11.2. The van der Waals surface area contributed by atoms with E-state index in [1.165, 1.54) is 71.6 Å². The van der Waals surface area contributed by atoms with Crippen molar-refractivity contribution in [3.05, 3.63) is 12.7 Å². The van der Waals surface area contributed by atoms with E-state index in [1.807, 2.05) is 0 Å². The summed E-state index contributed by atoms with van der Waals surface area (Å²) in [6.45, 7) is 2.83. The van der Waals surface area contributed by atoms with Gasteiger partial charge in [0.05, 0.1) is 19.5 Å². The molecule has 28 heteroatoms. The Labute approximate surface area is 387 Å². The number of carbonyl (C=O) groups excluding carboxylic acids is 3. The number of hydrogen-bond acceptors (Lipinski definition) is 18. The van der Waals surface area contributed by atoms with Crippen LogP contribution in [0.4, 0.5) is 5.82 Å². The molecule has 2 unspecified atom stereocenters. The number of unbranched alkanes of at least 4 members (excludes halogenated alkanes) is 7. The van der Waals surface area contributed by atoms with E-state index >= 15 is 0 Å². The first-order valence-corrected chi connectivity index (χ1v) is 27.6. The van der Waals surface area contributed by atoms with Crippen LogP contribution in [0, 0.1) is 17.3 Å². The van der Waals surface area contributed by atoms with Crippen LogP contribution in [0.3, 0.4) is 0 Å². The number of anilines is 1. The minimum Gasteiger partial charge on any atom is -0.386 e. The Morgan fingerprint density at radius 2 is 1.58 bits per heavy atom. The van der Waals surface area contributed by atoms with Crippen LogP contribution in [0.2, 0.25) is 0 Å². The number of phosphoric acid groups is 3. The largest absolute Gasteiger partial charge is 0.481 e. The van der Waals surface area contributed by atoms with Gasteiger partial charge >= 0.3 is 23.5 Å². The van der Waals surface area contributed by atoms with Crippen molar-refractivity contribution in [2.75, 3.05) is 37.8 Å². The van der Waals surface area contributed by atoms with Gasteiger partial charge in [0.1, 0.15) is 36.3 Å². The molecule has 3 heterocycles. The number of nitrogens with zero attached hydrogens (tertiary/aromatic N) is 4. The van der Waals surface area contributed by atoms with E-state index in [0.29, 0.717) is 12.2 Å². The zero-order valence-electron chi connectivity index (χ0n) is 37.4. The van der Waals surface area contributed by atoms with E-state index in [-0.39, 0.29) is 41.6 Å². The van der Waals surface area contributed by atoms with E-state index in [4.69, 9.17) is 19.5 Å². The third-order valence-corrected chi connectivity index (χ3v) is 15.3. The predicted octanol–water partition coefficient (Wildman–Crippen LogP) is 4.00. The fourth-order valence-electron chi connectivity index (χ4n) is 7.42. The van der Waals surface area contributed by atoms with Crippen LogP contribution in [0.15, 0.2) is 12.7 Å². The average molecular weight is 1020 g/mol. The smallest absolute Gasteiger partial charge is 0.386 e. The molecule has 2 aliphatic rings. The summed E-state index contributed by atoms with van der Waals surface area (Å²) in [5.74, 6) is 0.880. The molecule has 66 heavy (non-hydrogen) atoms. The van der Waals surface area contributed by atoms with E-state index in [9.17, 15) is 57.9 Å². The van der Waals surface area contributed by atoms with Crippen molar-refractivity contribution < 1.29 is 80.5 Å². The highest BCUT2D eigenvalue weighted by Gasteiger charge is 2.50. The highest BCUT2D eigenvalue weighted by molar-refractivity contribution is 8.13. The number of phosphoric ester groups is 3. The van der Waals surface area contributed by atoms with Crippen LogP contribution in [0.5, 0.6) is 0 Å². The number of thioether (sulfide) groups is 1. The topological polar surface area (TPSA) is 364 Å². The number of ether oxygens (including phenoxy) is 1. The number of rotatable bonds is 32. The summed E-state index contributed by atoms with van der Waals surface area (Å²) in [4.78, 5) is 88.4. The minimum absolute atomic E-state index is 0.0342. The molecule has 0 spiro atoms. The lowest BCUT2D eigenvalue weighted by atomic mass is 9.87. The van der Waals surface area contributed by atoms with Crippen molar-refractivity contribution in [2.24, 2.45) is 17.3 Å². The average Bonchev–Trinajstić information content (AvgIpc) is 3.73. The molecule has 2 aromatic rings. The van der Waals surface area contributed by atoms with Crippen LogP contribution in [0.1, 0.15) is 117 Å². The lowest BCUT2D eigenvalue weighted by molar-refractivity contribution is -0.137. The molecular weight excluding hydrogens is 951 g/mol. The van der Waals surface area contributed by atoms with Crippen molar-refractivity contribution in [1.82, 2.24) is 30.2 Å². The molecule has 4 rings (SSSR count). The fraction of sp³-hybridized carbons (Fsp3) is 0.789. The van der Waals surface area contributed by atoms with Crippen molar-refractivity contribution in [1.29, 1.82) is 0 Å². The molecule has 1 aliphatic heterocycles. The van der Waals surface area contributed by atoms with E-state index in [2.05, 4.69) is 41.3 Å². The number of amides is 2. The Morgan fingerprint density at radius 3 is 2.26 bits per heavy atom. The van der Waals surface area contributed by atoms with Crippen molar-refractivity contribution in [2.45, 2.75) is 141 Å². The Bertz CT molecular complexity index is 2050. The summed E-state index contributed by atoms with van der Waals surface area (Å²) < 4.78 is 62.4. The number of hydrogen-bond donors (Lipinski definition) is 9. The Balaban J connectivity index is 1.08. The van der Waals surface area contributed by atoms with Gasteiger partial charge in [0.25, 0.3) is 0 Å². The highest BCUT2D eigenvalue weighted by Crippen LogP contribution is 2.61. The van der Waals surface area contributed by atoms with Gasteiger partial charge in [0.2, 0.25) is 11.8 Å². The summed E-state index contributed by atoms with van der Waals surface area (Å²) in [5.41, 5.74) is 4.29. The number of nitrogens with two attached hydrogens (primary N) is 1. The minimum atomic E-state index is -5.57. The van der Waals surface area contributed by atoms with Gasteiger partial charge in [-0.2, -0.15) is 4.31 Å². The maximum Gasteiger partial charge on any atom is 0.481 e. The molecule has 2 aromatic heterocycles. The van der Waals surface area contributed by atoms with E-state index in [1.54, 1.807) is 0 Å². The number of aliphatic hydroxyl groups excluding tert-OH is 2. The first kappa shape index (κ1) is 56.2. The van der Waals surface area contributed by atoms with Crippen LogP contribution < -0.4 is 16.4 Å². The summed E-state index contributed by atoms with van der Waals surface area (Å²) in [5, 5.41) is 26.7. The van der Waals surface area contributed by atoms with Crippen molar-refractivity contribution >= 4 is 69.1 Å². The molecule has 376 valence electrons. The van der Waals surface area contributed by atoms with Crippen LogP contribution in [-0.2, 0) is 50.7 Å². The van der Waals surface area contributed by atoms with E-state index < -0.39 is 84.6 Å². The van der Waals surface area contributed by atoms with E-state index in [0.717, 1.165) is 60.1 Å². The number of imidazole rings is 1. The van der Waals surface area contributed by atoms with Crippen LogP contribution in [0.25, 0.3) is 11.2 Å².